The van der Waals surface area contributed by atoms with Crippen molar-refractivity contribution in [2.24, 2.45) is 0 Å². The van der Waals surface area contributed by atoms with Crippen LogP contribution in [-0.4, -0.2) is 47.5 Å². The Bertz CT molecular complexity index is 711. The lowest BCUT2D eigenvalue weighted by Gasteiger charge is -2.22. The Hall–Kier alpha value is -2.50. The number of benzene rings is 1. The molecule has 0 radical (unpaired) electrons. The highest BCUT2D eigenvalue weighted by Gasteiger charge is 2.14. The lowest BCUT2D eigenvalue weighted by molar-refractivity contribution is 0.204. The van der Waals surface area contributed by atoms with Crippen LogP contribution in [0.15, 0.2) is 30.3 Å². The fourth-order valence-corrected chi connectivity index (χ4v) is 2.79. The smallest absolute Gasteiger partial charge is 0.317 e. The van der Waals surface area contributed by atoms with Gasteiger partial charge < -0.3 is 15.0 Å². The zero-order valence-electron chi connectivity index (χ0n) is 15.7. The second-order valence-electron chi connectivity index (χ2n) is 6.44. The van der Waals surface area contributed by atoms with Crippen LogP contribution in [0.25, 0.3) is 0 Å². The number of carbonyl (C=O) groups excluding carboxylic acids is 1. The Labute approximate surface area is 149 Å². The van der Waals surface area contributed by atoms with Crippen molar-refractivity contribution >= 4 is 6.03 Å². The molecule has 0 aliphatic heterocycles. The van der Waals surface area contributed by atoms with Crippen molar-refractivity contribution in [2.75, 3.05) is 20.7 Å². The van der Waals surface area contributed by atoms with Gasteiger partial charge in [0, 0.05) is 25.3 Å². The number of amides is 2. The maximum absolute atomic E-state index is 12.4. The van der Waals surface area contributed by atoms with Crippen LogP contribution in [0, 0.1) is 13.8 Å². The minimum atomic E-state index is -0.0797. The van der Waals surface area contributed by atoms with Crippen molar-refractivity contribution in [3.05, 3.63) is 47.3 Å². The molecule has 1 aromatic heterocycles. The monoisotopic (exact) mass is 344 g/mol. The van der Waals surface area contributed by atoms with Crippen LogP contribution in [0.4, 0.5) is 4.79 Å². The number of aromatic nitrogens is 2. The first kappa shape index (κ1) is 18.8. The third-order valence-electron chi connectivity index (χ3n) is 4.18. The highest BCUT2D eigenvalue weighted by atomic mass is 16.5. The largest absolute Gasteiger partial charge is 0.496 e. The molecule has 0 saturated carbocycles. The molecule has 0 bridgehead atoms. The van der Waals surface area contributed by atoms with Crippen LogP contribution in [0.5, 0.6) is 5.75 Å². The van der Waals surface area contributed by atoms with E-state index >= 15 is 0 Å². The molecule has 6 nitrogen and oxygen atoms in total. The molecule has 6 heteroatoms. The number of urea groups is 1. The molecular weight excluding hydrogens is 316 g/mol. The third-order valence-corrected chi connectivity index (χ3v) is 4.18. The molecule has 1 unspecified atom stereocenters. The van der Waals surface area contributed by atoms with Crippen molar-refractivity contribution in [3.8, 4) is 5.75 Å². The summed E-state index contributed by atoms with van der Waals surface area (Å²) >= 11 is 0. The molecule has 1 N–H and O–H groups in total. The summed E-state index contributed by atoms with van der Waals surface area (Å²) in [7, 11) is 3.47. The van der Waals surface area contributed by atoms with E-state index in [0.29, 0.717) is 13.1 Å². The topological polar surface area (TPSA) is 59.4 Å². The lowest BCUT2D eigenvalue weighted by Crippen LogP contribution is -2.44. The number of para-hydroxylation sites is 1. The number of nitrogens with zero attached hydrogens (tertiary/aromatic N) is 3. The van der Waals surface area contributed by atoms with Crippen LogP contribution < -0.4 is 10.1 Å². The summed E-state index contributed by atoms with van der Waals surface area (Å²) < 4.78 is 7.28. The van der Waals surface area contributed by atoms with Gasteiger partial charge in [0.05, 0.1) is 19.3 Å². The first-order chi connectivity index (χ1) is 11.9. The third kappa shape index (κ3) is 5.24. The second-order valence-corrected chi connectivity index (χ2v) is 6.44. The van der Waals surface area contributed by atoms with E-state index in [2.05, 4.69) is 10.4 Å². The number of ether oxygens (including phenoxy) is 1. The van der Waals surface area contributed by atoms with Crippen molar-refractivity contribution in [2.45, 2.75) is 39.8 Å². The van der Waals surface area contributed by atoms with Crippen molar-refractivity contribution in [1.29, 1.82) is 0 Å². The maximum atomic E-state index is 12.4. The van der Waals surface area contributed by atoms with Gasteiger partial charge >= 0.3 is 6.03 Å². The summed E-state index contributed by atoms with van der Waals surface area (Å²) in [6, 6.07) is 9.84. The maximum Gasteiger partial charge on any atom is 0.317 e. The lowest BCUT2D eigenvalue weighted by atomic mass is 10.1. The molecule has 0 saturated heterocycles. The first-order valence-corrected chi connectivity index (χ1v) is 8.55. The molecule has 25 heavy (non-hydrogen) atoms. The molecule has 2 aromatic rings. The Morgan fingerprint density at radius 1 is 1.36 bits per heavy atom. The zero-order chi connectivity index (χ0) is 18.4. The highest BCUT2D eigenvalue weighted by Crippen LogP contribution is 2.17. The van der Waals surface area contributed by atoms with Crippen molar-refractivity contribution < 1.29 is 9.53 Å². The van der Waals surface area contributed by atoms with E-state index in [0.717, 1.165) is 29.1 Å². The van der Waals surface area contributed by atoms with Gasteiger partial charge in [0.15, 0.2) is 0 Å². The summed E-state index contributed by atoms with van der Waals surface area (Å²) in [5.74, 6) is 0.856. The molecule has 2 rings (SSSR count). The number of aryl methyl sites for hydroxylation is 2. The van der Waals surface area contributed by atoms with E-state index in [1.54, 1.807) is 19.1 Å². The minimum Gasteiger partial charge on any atom is -0.496 e. The Kier molecular flexibility index (Phi) is 6.44. The molecule has 1 heterocycles. The molecule has 1 atom stereocenters. The van der Waals surface area contributed by atoms with Crippen LogP contribution >= 0.6 is 0 Å². The average molecular weight is 344 g/mol. The molecule has 2 amide bonds. The number of carbonyl (C=O) groups is 1. The summed E-state index contributed by atoms with van der Waals surface area (Å²) in [4.78, 5) is 14.1. The number of likely N-dealkylation sites (N-methyl/N-ethyl adjacent to an activating group) is 1. The van der Waals surface area contributed by atoms with Crippen molar-refractivity contribution in [3.63, 3.8) is 0 Å². The average Bonchev–Trinajstić information content (AvgIpc) is 2.89. The van der Waals surface area contributed by atoms with E-state index < -0.39 is 0 Å². The van der Waals surface area contributed by atoms with Gasteiger partial charge in [-0.25, -0.2) is 4.79 Å². The SMILES string of the molecule is COc1ccccc1CCN(C)C(=O)NC(C)Cn1nc(C)cc1C. The summed E-state index contributed by atoms with van der Waals surface area (Å²) in [5.41, 5.74) is 3.19. The fourth-order valence-electron chi connectivity index (χ4n) is 2.79. The molecule has 0 fully saturated rings. The van der Waals surface area contributed by atoms with E-state index in [9.17, 15) is 4.79 Å². The predicted molar refractivity (Wildman–Crippen MR) is 99.0 cm³/mol. The quantitative estimate of drug-likeness (QED) is 0.840. The summed E-state index contributed by atoms with van der Waals surface area (Å²) in [6.45, 7) is 7.26. The Morgan fingerprint density at radius 2 is 2.08 bits per heavy atom. The molecule has 0 aliphatic rings. The molecular formula is C19H28N4O2. The van der Waals surface area contributed by atoms with Gasteiger partial charge in [0.2, 0.25) is 0 Å². The number of rotatable bonds is 7. The number of hydrogen-bond acceptors (Lipinski definition) is 3. The second kappa shape index (κ2) is 8.55. The Balaban J connectivity index is 1.84. The van der Waals surface area contributed by atoms with Gasteiger partial charge in [-0.3, -0.25) is 4.68 Å². The zero-order valence-corrected chi connectivity index (χ0v) is 15.7. The van der Waals surface area contributed by atoms with Gasteiger partial charge in [-0.2, -0.15) is 5.10 Å². The van der Waals surface area contributed by atoms with E-state index in [-0.39, 0.29) is 12.1 Å². The van der Waals surface area contributed by atoms with Crippen LogP contribution in [0.2, 0.25) is 0 Å². The van der Waals surface area contributed by atoms with Crippen molar-refractivity contribution in [1.82, 2.24) is 20.0 Å². The van der Waals surface area contributed by atoms with Gasteiger partial charge in [0.1, 0.15) is 5.75 Å². The number of hydrogen-bond donors (Lipinski definition) is 1. The van der Waals surface area contributed by atoms with Gasteiger partial charge in [-0.1, -0.05) is 18.2 Å². The number of methoxy groups -OCH3 is 1. The van der Waals surface area contributed by atoms with Gasteiger partial charge in [-0.05, 0) is 44.9 Å². The molecule has 136 valence electrons. The molecule has 0 aliphatic carbocycles. The standard InChI is InChI=1S/C19H28N4O2/c1-14-12-16(3)23(21-14)13-15(2)20-19(24)22(4)11-10-17-8-6-7-9-18(17)25-5/h6-9,12,15H,10-11,13H2,1-5H3,(H,20,24). The predicted octanol–water partition coefficient (Wildman–Crippen LogP) is 2.78. The van der Waals surface area contributed by atoms with E-state index in [1.807, 2.05) is 55.8 Å². The Morgan fingerprint density at radius 3 is 2.72 bits per heavy atom. The van der Waals surface area contributed by atoms with Gasteiger partial charge in [-0.15, -0.1) is 0 Å². The van der Waals surface area contributed by atoms with Gasteiger partial charge in [0.25, 0.3) is 0 Å². The van der Waals surface area contributed by atoms with Crippen LogP contribution in [0.1, 0.15) is 23.9 Å². The van der Waals surface area contributed by atoms with Crippen LogP contribution in [-0.2, 0) is 13.0 Å². The first-order valence-electron chi connectivity index (χ1n) is 8.55. The fraction of sp³-hybridized carbons (Fsp3) is 0.474. The summed E-state index contributed by atoms with van der Waals surface area (Å²) in [6.07, 6.45) is 0.750. The number of nitrogens with one attached hydrogen (secondary N) is 1. The molecule has 1 aromatic carbocycles. The molecule has 0 spiro atoms. The minimum absolute atomic E-state index is 0.000730. The van der Waals surface area contributed by atoms with E-state index in [4.69, 9.17) is 4.74 Å². The normalized spacial score (nSPS) is 11.9. The van der Waals surface area contributed by atoms with E-state index in [1.165, 1.54) is 0 Å². The summed E-state index contributed by atoms with van der Waals surface area (Å²) in [5, 5.41) is 7.46. The van der Waals surface area contributed by atoms with Crippen LogP contribution in [0.3, 0.4) is 0 Å². The highest BCUT2D eigenvalue weighted by molar-refractivity contribution is 5.74.